The lowest BCUT2D eigenvalue weighted by atomic mass is 10.0. The van der Waals surface area contributed by atoms with Crippen molar-refractivity contribution >= 4 is 28.6 Å². The van der Waals surface area contributed by atoms with Crippen LogP contribution in [-0.4, -0.2) is 51.0 Å². The molecule has 2 aliphatic rings. The van der Waals surface area contributed by atoms with Crippen molar-refractivity contribution in [1.29, 1.82) is 5.26 Å². The summed E-state index contributed by atoms with van der Waals surface area (Å²) in [5, 5.41) is 17.9. The number of primary amides is 1. The van der Waals surface area contributed by atoms with Gasteiger partial charge in [0.15, 0.2) is 0 Å². The number of nitrogens with zero attached hydrogens (tertiary/aromatic N) is 4. The van der Waals surface area contributed by atoms with E-state index in [0.717, 1.165) is 22.9 Å². The fraction of sp³-hybridized carbons (Fsp3) is 0.303. The first-order valence-corrected chi connectivity index (χ1v) is 14.4. The molecule has 0 unspecified atom stereocenters. The Bertz CT molecular complexity index is 1740. The minimum absolute atomic E-state index is 0.231. The summed E-state index contributed by atoms with van der Waals surface area (Å²) in [4.78, 5) is 39.4. The van der Waals surface area contributed by atoms with Gasteiger partial charge in [0.2, 0.25) is 11.8 Å². The summed E-state index contributed by atoms with van der Waals surface area (Å²) in [6.45, 7) is 2.37. The Morgan fingerprint density at radius 3 is 2.60 bits per heavy atom. The topological polar surface area (TPSA) is 143 Å². The zero-order valence-electron chi connectivity index (χ0n) is 23.8. The number of nitrogens with one attached hydrogen (secondary N) is 1. The van der Waals surface area contributed by atoms with Gasteiger partial charge in [0.1, 0.15) is 23.3 Å². The van der Waals surface area contributed by atoms with Crippen LogP contribution in [0.3, 0.4) is 0 Å². The molecule has 3 aromatic carbocycles. The molecule has 1 saturated carbocycles. The molecule has 6 rings (SSSR count). The molecule has 0 bridgehead atoms. The molecule has 1 aliphatic carbocycles. The van der Waals surface area contributed by atoms with Gasteiger partial charge >= 0.3 is 0 Å². The molecule has 2 fully saturated rings. The SMILES string of the molecule is C[C@@H](NC(=O)C1(C#N)CC1)[C@H](Oc1ccc2c(cnn2-c2cccc(C(=O)N3CCC[C@@H]3C(N)=O)c2)c1)c1ccccc1. The first kappa shape index (κ1) is 28.0. The Hall–Kier alpha value is -5.17. The van der Waals surface area contributed by atoms with Gasteiger partial charge in [0.25, 0.3) is 5.91 Å². The largest absolute Gasteiger partial charge is 0.484 e. The monoisotopic (exact) mass is 576 g/mol. The molecule has 3 N–H and O–H groups in total. The van der Waals surface area contributed by atoms with Crippen LogP contribution in [0.4, 0.5) is 0 Å². The van der Waals surface area contributed by atoms with Gasteiger partial charge in [-0.25, -0.2) is 4.68 Å². The molecule has 0 radical (unpaired) electrons. The maximum absolute atomic E-state index is 13.2. The number of hydrogen-bond acceptors (Lipinski definition) is 6. The highest BCUT2D eigenvalue weighted by molar-refractivity contribution is 5.98. The van der Waals surface area contributed by atoms with Crippen molar-refractivity contribution in [2.24, 2.45) is 11.1 Å². The quantitative estimate of drug-likeness (QED) is 0.308. The third-order valence-electron chi connectivity index (χ3n) is 8.32. The molecule has 4 aromatic rings. The summed E-state index contributed by atoms with van der Waals surface area (Å²) in [5.74, 6) is -0.387. The molecule has 1 aromatic heterocycles. The Balaban J connectivity index is 1.24. The van der Waals surface area contributed by atoms with E-state index in [2.05, 4.69) is 16.5 Å². The van der Waals surface area contributed by atoms with E-state index in [1.165, 1.54) is 0 Å². The highest BCUT2D eigenvalue weighted by Gasteiger charge is 2.51. The van der Waals surface area contributed by atoms with Gasteiger partial charge in [-0.15, -0.1) is 0 Å². The lowest BCUT2D eigenvalue weighted by Crippen LogP contribution is -2.43. The Morgan fingerprint density at radius 1 is 1.09 bits per heavy atom. The van der Waals surface area contributed by atoms with E-state index in [0.29, 0.717) is 42.8 Å². The van der Waals surface area contributed by atoms with Gasteiger partial charge < -0.3 is 20.7 Å². The standard InChI is InChI=1S/C33H32N6O4/c1-21(37-32(42)33(20-34)14-15-33)29(22-7-3-2-4-8-22)43-26-12-13-27-24(18-26)19-36-39(27)25-10-5-9-23(17-25)31(41)38-16-6-11-28(38)30(35)40/h2-5,7-10,12-13,17-19,21,28-29H,6,11,14-16H2,1H3,(H2,35,40)(H,37,42)/t21-,28-,29+/m1/s1. The molecular formula is C33H32N6O4. The first-order valence-electron chi connectivity index (χ1n) is 14.4. The van der Waals surface area contributed by atoms with Crippen molar-refractivity contribution in [3.05, 3.63) is 90.1 Å². The van der Waals surface area contributed by atoms with Crippen LogP contribution in [0.15, 0.2) is 79.0 Å². The van der Waals surface area contributed by atoms with Crippen LogP contribution in [-0.2, 0) is 9.59 Å². The molecule has 218 valence electrons. The molecule has 10 heteroatoms. The van der Waals surface area contributed by atoms with Gasteiger partial charge in [-0.1, -0.05) is 36.4 Å². The summed E-state index contributed by atoms with van der Waals surface area (Å²) < 4.78 is 8.22. The van der Waals surface area contributed by atoms with Gasteiger partial charge in [-0.3, -0.25) is 14.4 Å². The maximum atomic E-state index is 13.2. The average Bonchev–Trinajstić information content (AvgIpc) is 3.47. The number of nitriles is 1. The van der Waals surface area contributed by atoms with Crippen molar-refractivity contribution in [3.63, 3.8) is 0 Å². The number of fused-ring (bicyclic) bond motifs is 1. The van der Waals surface area contributed by atoms with Gasteiger partial charge in [-0.2, -0.15) is 10.4 Å². The number of ether oxygens (including phenoxy) is 1. The number of carbonyl (C=O) groups is 3. The lowest BCUT2D eigenvalue weighted by Gasteiger charge is -2.27. The average molecular weight is 577 g/mol. The second kappa shape index (κ2) is 11.2. The smallest absolute Gasteiger partial charge is 0.254 e. The third kappa shape index (κ3) is 5.42. The molecule has 2 heterocycles. The minimum Gasteiger partial charge on any atom is -0.484 e. The van der Waals surface area contributed by atoms with Crippen molar-refractivity contribution in [2.75, 3.05) is 6.54 Å². The van der Waals surface area contributed by atoms with Crippen molar-refractivity contribution in [2.45, 2.75) is 50.8 Å². The molecule has 3 amide bonds. The van der Waals surface area contributed by atoms with Gasteiger partial charge in [0, 0.05) is 17.5 Å². The highest BCUT2D eigenvalue weighted by atomic mass is 16.5. The van der Waals surface area contributed by atoms with Crippen molar-refractivity contribution in [1.82, 2.24) is 20.0 Å². The van der Waals surface area contributed by atoms with E-state index in [-0.39, 0.29) is 11.8 Å². The number of aromatic nitrogens is 2. The Labute approximate surface area is 249 Å². The van der Waals surface area contributed by atoms with Crippen LogP contribution in [0, 0.1) is 16.7 Å². The molecule has 0 spiro atoms. The Kier molecular flexibility index (Phi) is 7.32. The second-order valence-corrected chi connectivity index (χ2v) is 11.3. The summed E-state index contributed by atoms with van der Waals surface area (Å²) in [6.07, 6.45) is 3.69. The predicted octanol–water partition coefficient (Wildman–Crippen LogP) is 4.04. The molecule has 1 aliphatic heterocycles. The van der Waals surface area contributed by atoms with Crippen LogP contribution < -0.4 is 15.8 Å². The predicted molar refractivity (Wildman–Crippen MR) is 159 cm³/mol. The minimum atomic E-state index is -0.928. The number of hydrogen-bond donors (Lipinski definition) is 2. The van der Waals surface area contributed by atoms with E-state index in [9.17, 15) is 19.6 Å². The van der Waals surface area contributed by atoms with Crippen LogP contribution in [0.1, 0.15) is 54.6 Å². The summed E-state index contributed by atoms with van der Waals surface area (Å²) in [7, 11) is 0. The summed E-state index contributed by atoms with van der Waals surface area (Å²) in [5.41, 5.74) is 7.47. The van der Waals surface area contributed by atoms with E-state index in [1.54, 1.807) is 34.0 Å². The highest BCUT2D eigenvalue weighted by Crippen LogP contribution is 2.45. The van der Waals surface area contributed by atoms with Crippen LogP contribution in [0.25, 0.3) is 16.6 Å². The zero-order chi connectivity index (χ0) is 30.1. The van der Waals surface area contributed by atoms with Crippen molar-refractivity contribution < 1.29 is 19.1 Å². The van der Waals surface area contributed by atoms with Gasteiger partial charge in [0.05, 0.1) is 29.5 Å². The number of benzene rings is 3. The third-order valence-corrected chi connectivity index (χ3v) is 8.32. The number of amides is 3. The van der Waals surface area contributed by atoms with Crippen molar-refractivity contribution in [3.8, 4) is 17.5 Å². The van der Waals surface area contributed by atoms with E-state index in [4.69, 9.17) is 10.5 Å². The van der Waals surface area contributed by atoms with E-state index < -0.39 is 29.5 Å². The van der Waals surface area contributed by atoms with Crippen LogP contribution in [0.2, 0.25) is 0 Å². The molecule has 10 nitrogen and oxygen atoms in total. The number of nitrogens with two attached hydrogens (primary N) is 1. The second-order valence-electron chi connectivity index (χ2n) is 11.3. The fourth-order valence-electron chi connectivity index (χ4n) is 5.72. The molecular weight excluding hydrogens is 544 g/mol. The Morgan fingerprint density at radius 2 is 1.88 bits per heavy atom. The zero-order valence-corrected chi connectivity index (χ0v) is 23.8. The van der Waals surface area contributed by atoms with Crippen LogP contribution >= 0.6 is 0 Å². The number of carbonyl (C=O) groups excluding carboxylic acids is 3. The summed E-state index contributed by atoms with van der Waals surface area (Å²) in [6, 6.07) is 23.6. The van der Waals surface area contributed by atoms with Crippen LogP contribution in [0.5, 0.6) is 5.75 Å². The molecule has 1 saturated heterocycles. The molecule has 3 atom stereocenters. The maximum Gasteiger partial charge on any atom is 0.254 e. The first-order chi connectivity index (χ1) is 20.8. The van der Waals surface area contributed by atoms with E-state index >= 15 is 0 Å². The number of likely N-dealkylation sites (tertiary alicyclic amines) is 1. The molecule has 43 heavy (non-hydrogen) atoms. The lowest BCUT2D eigenvalue weighted by molar-refractivity contribution is -0.125. The van der Waals surface area contributed by atoms with Gasteiger partial charge in [-0.05, 0) is 74.6 Å². The van der Waals surface area contributed by atoms with E-state index in [1.807, 2.05) is 61.5 Å². The fourth-order valence-corrected chi connectivity index (χ4v) is 5.72. The normalized spacial score (nSPS) is 18.4. The summed E-state index contributed by atoms with van der Waals surface area (Å²) >= 11 is 0. The number of rotatable bonds is 9.